The Morgan fingerprint density at radius 3 is 2.40 bits per heavy atom. The normalized spacial score (nSPS) is 18.4. The molecule has 30 heavy (non-hydrogen) atoms. The third-order valence-corrected chi connectivity index (χ3v) is 6.27. The van der Waals surface area contributed by atoms with Gasteiger partial charge in [-0.3, -0.25) is 9.59 Å². The standard InChI is InChI=1S/C23H28N2O4S/c1-4-24(5-2)13-14-25-20(18-8-7-15-30-18)19(22(27)23(25)28)21(26)16-9-11-17(12-10-16)29-6-3/h7-12,15,20,26H,4-6,13-14H2,1-3H3/t20-/m1/s1. The number of rotatable bonds is 9. The highest BCUT2D eigenvalue weighted by Gasteiger charge is 2.46. The SMILES string of the molecule is CCOc1ccc(C(O)=C2C(=O)C(=O)N(CCN(CC)CC)[C@@H]2c2cccs2)cc1. The summed E-state index contributed by atoms with van der Waals surface area (Å²) in [4.78, 5) is 30.5. The Balaban J connectivity index is 1.99. The summed E-state index contributed by atoms with van der Waals surface area (Å²) in [5.41, 5.74) is 0.632. The van der Waals surface area contributed by atoms with Crippen LogP contribution in [-0.2, 0) is 9.59 Å². The number of likely N-dealkylation sites (N-methyl/N-ethyl adjacent to an activating group) is 1. The molecule has 2 aromatic rings. The van der Waals surface area contributed by atoms with Gasteiger partial charge in [0.05, 0.1) is 18.2 Å². The van der Waals surface area contributed by atoms with Crippen molar-refractivity contribution in [3.63, 3.8) is 0 Å². The van der Waals surface area contributed by atoms with Gasteiger partial charge in [0.15, 0.2) is 0 Å². The molecule has 1 aromatic heterocycles. The van der Waals surface area contributed by atoms with Crippen molar-refractivity contribution in [3.8, 4) is 5.75 Å². The number of amides is 1. The van der Waals surface area contributed by atoms with Crippen LogP contribution in [0.4, 0.5) is 0 Å². The molecule has 0 unspecified atom stereocenters. The quantitative estimate of drug-likeness (QED) is 0.373. The molecule has 0 radical (unpaired) electrons. The second kappa shape index (κ2) is 9.91. The van der Waals surface area contributed by atoms with Crippen LogP contribution in [0.25, 0.3) is 5.76 Å². The van der Waals surface area contributed by atoms with E-state index in [9.17, 15) is 14.7 Å². The van der Waals surface area contributed by atoms with Crippen LogP contribution in [0, 0.1) is 0 Å². The Morgan fingerprint density at radius 1 is 1.13 bits per heavy atom. The fourth-order valence-corrected chi connectivity index (χ4v) is 4.52. The lowest BCUT2D eigenvalue weighted by Crippen LogP contribution is -2.37. The van der Waals surface area contributed by atoms with Gasteiger partial charge in [-0.25, -0.2) is 0 Å². The molecule has 1 fully saturated rings. The van der Waals surface area contributed by atoms with Gasteiger partial charge in [0.1, 0.15) is 11.5 Å². The van der Waals surface area contributed by atoms with Crippen LogP contribution < -0.4 is 4.74 Å². The number of hydrogen-bond donors (Lipinski definition) is 1. The first-order valence-corrected chi connectivity index (χ1v) is 11.2. The van der Waals surface area contributed by atoms with E-state index >= 15 is 0 Å². The first kappa shape index (κ1) is 22.1. The molecule has 0 aliphatic carbocycles. The maximum absolute atomic E-state index is 12.9. The van der Waals surface area contributed by atoms with Gasteiger partial charge in [0.2, 0.25) is 0 Å². The highest BCUT2D eigenvalue weighted by atomic mass is 32.1. The molecule has 3 rings (SSSR count). The van der Waals surface area contributed by atoms with Crippen LogP contribution in [0.5, 0.6) is 5.75 Å². The van der Waals surface area contributed by atoms with Crippen molar-refractivity contribution in [2.24, 2.45) is 0 Å². The van der Waals surface area contributed by atoms with E-state index < -0.39 is 17.7 Å². The van der Waals surface area contributed by atoms with E-state index in [0.717, 1.165) is 18.0 Å². The Hall–Kier alpha value is -2.64. The molecule has 1 aliphatic rings. The molecule has 1 atom stereocenters. The minimum absolute atomic E-state index is 0.145. The highest BCUT2D eigenvalue weighted by Crippen LogP contribution is 2.41. The minimum Gasteiger partial charge on any atom is -0.507 e. The molecule has 0 saturated carbocycles. The van der Waals surface area contributed by atoms with Gasteiger partial charge in [-0.2, -0.15) is 0 Å². The van der Waals surface area contributed by atoms with Crippen molar-refractivity contribution >= 4 is 28.8 Å². The average Bonchev–Trinajstić information content (AvgIpc) is 3.37. The number of benzene rings is 1. The maximum Gasteiger partial charge on any atom is 0.295 e. The summed E-state index contributed by atoms with van der Waals surface area (Å²) in [7, 11) is 0. The number of carbonyl (C=O) groups is 2. The van der Waals surface area contributed by atoms with Crippen molar-refractivity contribution in [1.29, 1.82) is 0 Å². The predicted molar refractivity (Wildman–Crippen MR) is 119 cm³/mol. The van der Waals surface area contributed by atoms with Crippen LogP contribution in [-0.4, -0.2) is 59.4 Å². The zero-order valence-electron chi connectivity index (χ0n) is 17.6. The first-order chi connectivity index (χ1) is 14.5. The van der Waals surface area contributed by atoms with E-state index in [1.54, 1.807) is 29.2 Å². The largest absolute Gasteiger partial charge is 0.507 e. The van der Waals surface area contributed by atoms with Gasteiger partial charge in [0, 0.05) is 23.5 Å². The van der Waals surface area contributed by atoms with Gasteiger partial charge < -0.3 is 19.6 Å². The summed E-state index contributed by atoms with van der Waals surface area (Å²) < 4.78 is 5.45. The molecule has 1 amide bonds. The molecule has 1 N–H and O–H groups in total. The van der Waals surface area contributed by atoms with Crippen LogP contribution in [0.2, 0.25) is 0 Å². The van der Waals surface area contributed by atoms with Crippen molar-refractivity contribution in [2.75, 3.05) is 32.8 Å². The van der Waals surface area contributed by atoms with Crippen molar-refractivity contribution in [2.45, 2.75) is 26.8 Å². The number of carbonyl (C=O) groups excluding carboxylic acids is 2. The average molecular weight is 429 g/mol. The first-order valence-electron chi connectivity index (χ1n) is 10.3. The summed E-state index contributed by atoms with van der Waals surface area (Å²) in [6.07, 6.45) is 0. The monoisotopic (exact) mass is 428 g/mol. The van der Waals surface area contributed by atoms with E-state index in [4.69, 9.17) is 4.74 Å². The molecule has 0 bridgehead atoms. The topological polar surface area (TPSA) is 70.1 Å². The molecule has 0 spiro atoms. The van der Waals surface area contributed by atoms with Gasteiger partial charge in [-0.1, -0.05) is 19.9 Å². The lowest BCUT2D eigenvalue weighted by Gasteiger charge is -2.27. The molecule has 2 heterocycles. The number of nitrogens with zero attached hydrogens (tertiary/aromatic N) is 2. The van der Waals surface area contributed by atoms with Crippen LogP contribution in [0.3, 0.4) is 0 Å². The molecule has 1 aromatic carbocycles. The fraction of sp³-hybridized carbons (Fsp3) is 0.391. The summed E-state index contributed by atoms with van der Waals surface area (Å²) in [5, 5.41) is 12.9. The molecule has 7 heteroatoms. The molecular weight excluding hydrogens is 400 g/mol. The van der Waals surface area contributed by atoms with Crippen LogP contribution in [0.15, 0.2) is 47.4 Å². The second-order valence-corrected chi connectivity index (χ2v) is 7.97. The van der Waals surface area contributed by atoms with E-state index in [-0.39, 0.29) is 11.3 Å². The zero-order valence-corrected chi connectivity index (χ0v) is 18.4. The Kier molecular flexibility index (Phi) is 7.29. The molecule has 1 aliphatic heterocycles. The molecule has 1 saturated heterocycles. The van der Waals surface area contributed by atoms with Gasteiger partial charge in [-0.05, 0) is 55.7 Å². The number of ketones is 1. The van der Waals surface area contributed by atoms with E-state index in [0.29, 0.717) is 31.0 Å². The van der Waals surface area contributed by atoms with Gasteiger partial charge in [0.25, 0.3) is 11.7 Å². The third kappa shape index (κ3) is 4.42. The Labute approximate surface area is 181 Å². The smallest absolute Gasteiger partial charge is 0.295 e. The Bertz CT molecular complexity index is 902. The maximum atomic E-state index is 12.9. The van der Waals surface area contributed by atoms with E-state index in [1.807, 2.05) is 24.4 Å². The van der Waals surface area contributed by atoms with Gasteiger partial charge >= 0.3 is 0 Å². The number of thiophene rings is 1. The highest BCUT2D eigenvalue weighted by molar-refractivity contribution is 7.10. The van der Waals surface area contributed by atoms with E-state index in [1.165, 1.54) is 11.3 Å². The third-order valence-electron chi connectivity index (χ3n) is 5.34. The number of hydrogen-bond acceptors (Lipinski definition) is 6. The number of Topliss-reactive ketones (excluding diaryl/α,β-unsaturated/α-hetero) is 1. The second-order valence-electron chi connectivity index (χ2n) is 6.99. The minimum atomic E-state index is -0.640. The number of ether oxygens (including phenoxy) is 1. The van der Waals surface area contributed by atoms with Crippen LogP contribution >= 0.6 is 11.3 Å². The fourth-order valence-electron chi connectivity index (χ4n) is 3.67. The lowest BCUT2D eigenvalue weighted by atomic mass is 10.00. The molecule has 160 valence electrons. The number of aliphatic hydroxyl groups excluding tert-OH is 1. The van der Waals surface area contributed by atoms with Crippen molar-refractivity contribution < 1.29 is 19.4 Å². The summed E-state index contributed by atoms with van der Waals surface area (Å²) in [6, 6.07) is 10.1. The number of aliphatic hydroxyl groups is 1. The zero-order chi connectivity index (χ0) is 21.7. The van der Waals surface area contributed by atoms with E-state index in [2.05, 4.69) is 18.7 Å². The van der Waals surface area contributed by atoms with Crippen molar-refractivity contribution in [3.05, 3.63) is 57.8 Å². The summed E-state index contributed by atoms with van der Waals surface area (Å²) in [6.45, 7) is 9.42. The lowest BCUT2D eigenvalue weighted by molar-refractivity contribution is -0.140. The van der Waals surface area contributed by atoms with Crippen molar-refractivity contribution in [1.82, 2.24) is 9.80 Å². The Morgan fingerprint density at radius 2 is 1.83 bits per heavy atom. The molecule has 6 nitrogen and oxygen atoms in total. The predicted octanol–water partition coefficient (Wildman–Crippen LogP) is 3.91. The summed E-state index contributed by atoms with van der Waals surface area (Å²) in [5.74, 6) is -0.670. The van der Waals surface area contributed by atoms with Crippen LogP contribution in [0.1, 0.15) is 37.3 Å². The molecular formula is C23H28N2O4S. The summed E-state index contributed by atoms with van der Waals surface area (Å²) >= 11 is 1.47. The van der Waals surface area contributed by atoms with Gasteiger partial charge in [-0.15, -0.1) is 11.3 Å². The number of likely N-dealkylation sites (tertiary alicyclic amines) is 1.